The fourth-order valence-corrected chi connectivity index (χ4v) is 2.36. The molecule has 1 aromatic rings. The maximum absolute atomic E-state index is 11.4. The Morgan fingerprint density at radius 2 is 2.21 bits per heavy atom. The Morgan fingerprint density at radius 1 is 1.50 bits per heavy atom. The van der Waals surface area contributed by atoms with Crippen molar-refractivity contribution in [3.8, 4) is 0 Å². The quantitative estimate of drug-likeness (QED) is 0.793. The van der Waals surface area contributed by atoms with Crippen molar-refractivity contribution in [3.05, 3.63) is 22.1 Å². The summed E-state index contributed by atoms with van der Waals surface area (Å²) in [5, 5.41) is 2.93. The van der Waals surface area contributed by atoms with Crippen LogP contribution in [0.3, 0.4) is 0 Å². The minimum atomic E-state index is -0.851. The molecule has 0 aliphatic heterocycles. The van der Waals surface area contributed by atoms with Crippen molar-refractivity contribution in [1.82, 2.24) is 9.78 Å². The van der Waals surface area contributed by atoms with Gasteiger partial charge in [0.15, 0.2) is 0 Å². The van der Waals surface area contributed by atoms with Crippen LogP contribution in [0.1, 0.15) is 26.0 Å². The Kier molecular flexibility index (Phi) is 4.13. The second-order valence-electron chi connectivity index (χ2n) is 3.15. The van der Waals surface area contributed by atoms with Gasteiger partial charge in [-0.3, -0.25) is 18.8 Å². The van der Waals surface area contributed by atoms with E-state index in [0.29, 0.717) is 18.1 Å². The maximum Gasteiger partial charge on any atom is 0.266 e. The lowest BCUT2D eigenvalue weighted by Crippen LogP contribution is -2.13. The normalized spacial score (nSPS) is 13.0. The van der Waals surface area contributed by atoms with E-state index < -0.39 is 10.8 Å². The highest BCUT2D eigenvalue weighted by Crippen LogP contribution is 1.98. The van der Waals surface area contributed by atoms with E-state index in [-0.39, 0.29) is 5.56 Å². The van der Waals surface area contributed by atoms with Crippen LogP contribution in [0.4, 0.5) is 0 Å². The van der Waals surface area contributed by atoms with Gasteiger partial charge in [0, 0.05) is 34.9 Å². The fourth-order valence-electron chi connectivity index (χ4n) is 1.27. The molecule has 0 radical (unpaired) electrons. The monoisotopic (exact) mass is 216 g/mol. The highest BCUT2D eigenvalue weighted by Gasteiger charge is 2.05. The molecule has 0 spiro atoms. The SMILES string of the molecule is CCCS(=O)Cc1cc(=O)n(CC)[nH]1. The minimum absolute atomic E-state index is 0.0454. The van der Waals surface area contributed by atoms with Crippen LogP contribution in [0.2, 0.25) is 0 Å². The average Bonchev–Trinajstić information content (AvgIpc) is 2.46. The van der Waals surface area contributed by atoms with Crippen LogP contribution in [0, 0.1) is 0 Å². The third-order valence-corrected chi connectivity index (χ3v) is 3.40. The van der Waals surface area contributed by atoms with E-state index in [4.69, 9.17) is 0 Å². The average molecular weight is 216 g/mol. The van der Waals surface area contributed by atoms with E-state index in [0.717, 1.165) is 12.1 Å². The van der Waals surface area contributed by atoms with Gasteiger partial charge in [0.1, 0.15) is 0 Å². The summed E-state index contributed by atoms with van der Waals surface area (Å²) in [6, 6.07) is 1.52. The molecule has 0 aliphatic rings. The summed E-state index contributed by atoms with van der Waals surface area (Å²) >= 11 is 0. The van der Waals surface area contributed by atoms with Crippen LogP contribution < -0.4 is 5.56 Å². The first-order chi connectivity index (χ1) is 6.67. The number of nitrogens with zero attached hydrogens (tertiary/aromatic N) is 1. The number of hydrogen-bond donors (Lipinski definition) is 1. The van der Waals surface area contributed by atoms with E-state index in [1.165, 1.54) is 10.7 Å². The Morgan fingerprint density at radius 3 is 2.71 bits per heavy atom. The number of nitrogens with one attached hydrogen (secondary N) is 1. The molecule has 0 saturated carbocycles. The van der Waals surface area contributed by atoms with Crippen LogP contribution in [0.25, 0.3) is 0 Å². The molecule has 80 valence electrons. The molecule has 4 nitrogen and oxygen atoms in total. The third-order valence-electron chi connectivity index (χ3n) is 1.91. The second kappa shape index (κ2) is 5.14. The number of H-pyrrole nitrogens is 1. The first-order valence-electron chi connectivity index (χ1n) is 4.81. The predicted molar refractivity (Wildman–Crippen MR) is 57.7 cm³/mol. The van der Waals surface area contributed by atoms with Crippen molar-refractivity contribution in [3.63, 3.8) is 0 Å². The number of aromatic amines is 1. The molecule has 1 heterocycles. The zero-order valence-corrected chi connectivity index (χ0v) is 9.39. The molecule has 0 fully saturated rings. The molecule has 0 bridgehead atoms. The van der Waals surface area contributed by atoms with Crippen molar-refractivity contribution >= 4 is 10.8 Å². The summed E-state index contributed by atoms with van der Waals surface area (Å²) in [7, 11) is -0.851. The zero-order chi connectivity index (χ0) is 10.6. The highest BCUT2D eigenvalue weighted by atomic mass is 32.2. The van der Waals surface area contributed by atoms with Gasteiger partial charge < -0.3 is 0 Å². The highest BCUT2D eigenvalue weighted by molar-refractivity contribution is 7.84. The van der Waals surface area contributed by atoms with Gasteiger partial charge in [-0.1, -0.05) is 6.92 Å². The Hall–Kier alpha value is -0.840. The summed E-state index contributed by atoms with van der Waals surface area (Å²) in [4.78, 5) is 11.2. The summed E-state index contributed by atoms with van der Waals surface area (Å²) in [6.07, 6.45) is 0.908. The molecule has 0 saturated heterocycles. The van der Waals surface area contributed by atoms with Gasteiger partial charge in [-0.25, -0.2) is 0 Å². The fraction of sp³-hybridized carbons (Fsp3) is 0.667. The van der Waals surface area contributed by atoms with Gasteiger partial charge in [-0.2, -0.15) is 0 Å². The summed E-state index contributed by atoms with van der Waals surface area (Å²) in [5.74, 6) is 1.15. The molecular weight excluding hydrogens is 200 g/mol. The van der Waals surface area contributed by atoms with Crippen molar-refractivity contribution in [1.29, 1.82) is 0 Å². The van der Waals surface area contributed by atoms with E-state index in [1.54, 1.807) is 0 Å². The van der Waals surface area contributed by atoms with Crippen LogP contribution in [-0.2, 0) is 23.1 Å². The standard InChI is InChI=1S/C9H16N2O2S/c1-3-5-14(13)7-8-6-9(12)11(4-2)10-8/h6,10H,3-5,7H2,1-2H3. The van der Waals surface area contributed by atoms with E-state index in [9.17, 15) is 9.00 Å². The van der Waals surface area contributed by atoms with Gasteiger partial charge in [0.2, 0.25) is 0 Å². The lowest BCUT2D eigenvalue weighted by atomic mass is 10.5. The Labute approximate surface area is 85.8 Å². The molecule has 1 N–H and O–H groups in total. The van der Waals surface area contributed by atoms with Crippen LogP contribution in [0.5, 0.6) is 0 Å². The molecule has 1 atom stereocenters. The molecular formula is C9H16N2O2S. The number of aromatic nitrogens is 2. The van der Waals surface area contributed by atoms with Crippen molar-refractivity contribution < 1.29 is 4.21 Å². The molecule has 1 unspecified atom stereocenters. The number of aryl methyl sites for hydroxylation is 1. The summed E-state index contributed by atoms with van der Waals surface area (Å²) < 4.78 is 12.9. The van der Waals surface area contributed by atoms with E-state index >= 15 is 0 Å². The Bertz CT molecular complexity index is 367. The maximum atomic E-state index is 11.4. The van der Waals surface area contributed by atoms with Crippen LogP contribution >= 0.6 is 0 Å². The molecule has 1 aromatic heterocycles. The topological polar surface area (TPSA) is 54.9 Å². The van der Waals surface area contributed by atoms with Gasteiger partial charge in [0.05, 0.1) is 5.75 Å². The number of rotatable bonds is 5. The van der Waals surface area contributed by atoms with Gasteiger partial charge in [-0.15, -0.1) is 0 Å². The van der Waals surface area contributed by atoms with Crippen molar-refractivity contribution in [2.24, 2.45) is 0 Å². The lowest BCUT2D eigenvalue weighted by Gasteiger charge is -1.98. The molecule has 0 amide bonds. The smallest absolute Gasteiger partial charge is 0.266 e. The van der Waals surface area contributed by atoms with E-state index in [1.807, 2.05) is 13.8 Å². The first kappa shape index (κ1) is 11.2. The van der Waals surface area contributed by atoms with Crippen molar-refractivity contribution in [2.75, 3.05) is 5.75 Å². The minimum Gasteiger partial charge on any atom is -0.299 e. The van der Waals surface area contributed by atoms with E-state index in [2.05, 4.69) is 5.10 Å². The zero-order valence-electron chi connectivity index (χ0n) is 8.58. The molecule has 1 rings (SSSR count). The molecule has 0 aliphatic carbocycles. The van der Waals surface area contributed by atoms with Crippen LogP contribution in [-0.4, -0.2) is 19.7 Å². The number of hydrogen-bond acceptors (Lipinski definition) is 2. The van der Waals surface area contributed by atoms with Crippen molar-refractivity contribution in [2.45, 2.75) is 32.6 Å². The second-order valence-corrected chi connectivity index (χ2v) is 4.73. The lowest BCUT2D eigenvalue weighted by molar-refractivity contribution is 0.630. The van der Waals surface area contributed by atoms with Gasteiger partial charge >= 0.3 is 0 Å². The van der Waals surface area contributed by atoms with Gasteiger partial charge in [0.25, 0.3) is 5.56 Å². The summed E-state index contributed by atoms with van der Waals surface area (Å²) in [6.45, 7) is 4.52. The summed E-state index contributed by atoms with van der Waals surface area (Å²) in [5.41, 5.74) is 0.722. The van der Waals surface area contributed by atoms with Gasteiger partial charge in [-0.05, 0) is 13.3 Å². The Balaban J connectivity index is 2.68. The molecule has 0 aromatic carbocycles. The molecule has 14 heavy (non-hydrogen) atoms. The third kappa shape index (κ3) is 2.83. The predicted octanol–water partition coefficient (Wildman–Crippen LogP) is 0.855. The largest absolute Gasteiger partial charge is 0.299 e. The first-order valence-corrected chi connectivity index (χ1v) is 6.29. The molecule has 5 heteroatoms. The van der Waals surface area contributed by atoms with Crippen LogP contribution in [0.15, 0.2) is 10.9 Å².